The molecule has 0 radical (unpaired) electrons. The Bertz CT molecular complexity index is 912. The molecule has 2 aromatic carbocycles. The van der Waals surface area contributed by atoms with Gasteiger partial charge in [0, 0.05) is 6.07 Å². The van der Waals surface area contributed by atoms with Gasteiger partial charge < -0.3 is 0 Å². The number of fused-ring (bicyclic) bond motifs is 1. The van der Waals surface area contributed by atoms with Crippen LogP contribution in [-0.4, -0.2) is 0 Å². The van der Waals surface area contributed by atoms with Crippen LogP contribution in [0.15, 0.2) is 36.5 Å². The summed E-state index contributed by atoms with van der Waals surface area (Å²) in [5, 5.41) is 2.32. The summed E-state index contributed by atoms with van der Waals surface area (Å²) >= 11 is 0. The van der Waals surface area contributed by atoms with Crippen molar-refractivity contribution in [1.29, 1.82) is 0 Å². The van der Waals surface area contributed by atoms with Gasteiger partial charge in [-0.25, -0.2) is 8.96 Å². The van der Waals surface area contributed by atoms with Crippen molar-refractivity contribution in [3.63, 3.8) is 0 Å². The zero-order chi connectivity index (χ0) is 17.6. The van der Waals surface area contributed by atoms with E-state index in [0.717, 1.165) is 27.8 Å². The number of benzene rings is 2. The molecular formula is C22H25FN+. The van der Waals surface area contributed by atoms with Crippen molar-refractivity contribution in [3.05, 3.63) is 64.6 Å². The van der Waals surface area contributed by atoms with E-state index >= 15 is 4.39 Å². The smallest absolute Gasteiger partial charge is 0.206 e. The molecule has 124 valence electrons. The molecule has 0 amide bonds. The van der Waals surface area contributed by atoms with Gasteiger partial charge in [0.2, 0.25) is 5.69 Å². The van der Waals surface area contributed by atoms with E-state index in [0.29, 0.717) is 11.5 Å². The van der Waals surface area contributed by atoms with E-state index in [1.165, 1.54) is 10.9 Å². The molecule has 3 aromatic rings. The van der Waals surface area contributed by atoms with Gasteiger partial charge in [-0.15, -0.1) is 0 Å². The number of aryl methyl sites for hydroxylation is 3. The molecule has 2 heteroatoms. The van der Waals surface area contributed by atoms with Crippen LogP contribution in [0.3, 0.4) is 0 Å². The first-order chi connectivity index (χ1) is 11.3. The van der Waals surface area contributed by atoms with E-state index in [4.69, 9.17) is 0 Å². The lowest BCUT2D eigenvalue weighted by Gasteiger charge is -2.15. The second-order valence-corrected chi connectivity index (χ2v) is 7.06. The molecule has 0 unspecified atom stereocenters. The fraction of sp³-hybridized carbons (Fsp3) is 0.318. The molecule has 0 spiro atoms. The fourth-order valence-electron chi connectivity index (χ4n) is 3.58. The van der Waals surface area contributed by atoms with E-state index in [1.54, 1.807) is 0 Å². The highest BCUT2D eigenvalue weighted by atomic mass is 19.1. The average Bonchev–Trinajstić information content (AvgIpc) is 2.54. The molecule has 1 nitrogen and oxygen atoms in total. The van der Waals surface area contributed by atoms with Gasteiger partial charge in [0.25, 0.3) is 0 Å². The molecule has 1 heterocycles. The summed E-state index contributed by atoms with van der Waals surface area (Å²) in [4.78, 5) is 0. The predicted octanol–water partition coefficient (Wildman–Crippen LogP) is 5.52. The molecular weight excluding hydrogens is 297 g/mol. The monoisotopic (exact) mass is 322 g/mol. The van der Waals surface area contributed by atoms with Crippen molar-refractivity contribution in [2.24, 2.45) is 7.05 Å². The highest BCUT2D eigenvalue weighted by Crippen LogP contribution is 2.35. The first kappa shape index (κ1) is 16.6. The summed E-state index contributed by atoms with van der Waals surface area (Å²) in [5.41, 5.74) is 5.82. The molecule has 1 aromatic heterocycles. The molecule has 24 heavy (non-hydrogen) atoms. The largest absolute Gasteiger partial charge is 0.223 e. The molecule has 0 saturated carbocycles. The molecule has 0 aliphatic rings. The minimum Gasteiger partial charge on any atom is -0.206 e. The SMILES string of the molecule is Cc1cc(C)c(F)c(-c2c3cccc(C(C)C)c3cc[n+]2C)c1C. The lowest BCUT2D eigenvalue weighted by atomic mass is 9.91. The fourth-order valence-corrected chi connectivity index (χ4v) is 3.58. The first-order valence-corrected chi connectivity index (χ1v) is 8.50. The molecule has 0 fully saturated rings. The van der Waals surface area contributed by atoms with Gasteiger partial charge in [-0.05, 0) is 60.4 Å². The highest BCUT2D eigenvalue weighted by molar-refractivity contribution is 5.96. The standard InChI is InChI=1S/C22H25FN/c1-13(2)17-8-7-9-19-18(17)10-11-24(6)22(19)20-16(5)14(3)12-15(4)21(20)23/h7-13H,1-6H3/q+1. The lowest BCUT2D eigenvalue weighted by Crippen LogP contribution is -2.31. The van der Waals surface area contributed by atoms with Crippen LogP contribution in [0.25, 0.3) is 22.0 Å². The topological polar surface area (TPSA) is 3.88 Å². The quantitative estimate of drug-likeness (QED) is 0.547. The van der Waals surface area contributed by atoms with E-state index in [2.05, 4.69) is 45.0 Å². The van der Waals surface area contributed by atoms with Crippen molar-refractivity contribution < 1.29 is 8.96 Å². The Balaban J connectivity index is 2.49. The molecule has 0 bridgehead atoms. The Morgan fingerprint density at radius 1 is 0.958 bits per heavy atom. The summed E-state index contributed by atoms with van der Waals surface area (Å²) in [6.45, 7) is 10.3. The maximum atomic E-state index is 15.1. The van der Waals surface area contributed by atoms with Gasteiger partial charge in [0.05, 0.1) is 10.9 Å². The number of hydrogen-bond donors (Lipinski definition) is 0. The molecule has 3 rings (SSSR count). The van der Waals surface area contributed by atoms with Crippen LogP contribution < -0.4 is 4.57 Å². The highest BCUT2D eigenvalue weighted by Gasteiger charge is 2.24. The lowest BCUT2D eigenvalue weighted by molar-refractivity contribution is -0.659. The summed E-state index contributed by atoms with van der Waals surface area (Å²) in [6.07, 6.45) is 2.04. The maximum Gasteiger partial charge on any atom is 0.223 e. The summed E-state index contributed by atoms with van der Waals surface area (Å²) in [7, 11) is 1.99. The Morgan fingerprint density at radius 2 is 1.67 bits per heavy atom. The van der Waals surface area contributed by atoms with Crippen LogP contribution >= 0.6 is 0 Å². The normalized spacial score (nSPS) is 11.5. The molecule has 0 saturated heterocycles. The van der Waals surface area contributed by atoms with Gasteiger partial charge in [-0.3, -0.25) is 0 Å². The zero-order valence-corrected chi connectivity index (χ0v) is 15.4. The predicted molar refractivity (Wildman–Crippen MR) is 98.8 cm³/mol. The minimum atomic E-state index is -0.115. The Morgan fingerprint density at radius 3 is 2.33 bits per heavy atom. The molecule has 0 atom stereocenters. The number of aromatic nitrogens is 1. The third kappa shape index (κ3) is 2.50. The van der Waals surface area contributed by atoms with E-state index in [1.807, 2.05) is 37.7 Å². The molecule has 0 N–H and O–H groups in total. The maximum absolute atomic E-state index is 15.1. The number of rotatable bonds is 2. The van der Waals surface area contributed by atoms with Crippen molar-refractivity contribution in [2.75, 3.05) is 0 Å². The average molecular weight is 322 g/mol. The Hall–Kier alpha value is -2.22. The van der Waals surface area contributed by atoms with Crippen molar-refractivity contribution in [2.45, 2.75) is 40.5 Å². The summed E-state index contributed by atoms with van der Waals surface area (Å²) in [5.74, 6) is 0.315. The van der Waals surface area contributed by atoms with E-state index < -0.39 is 0 Å². The van der Waals surface area contributed by atoms with E-state index in [9.17, 15) is 0 Å². The Labute approximate surface area is 143 Å². The van der Waals surface area contributed by atoms with Gasteiger partial charge in [-0.2, -0.15) is 0 Å². The zero-order valence-electron chi connectivity index (χ0n) is 15.4. The van der Waals surface area contributed by atoms with Crippen molar-refractivity contribution >= 4 is 10.8 Å². The van der Waals surface area contributed by atoms with Gasteiger partial charge in [0.1, 0.15) is 12.9 Å². The Kier molecular flexibility index (Phi) is 4.16. The molecule has 0 aliphatic carbocycles. The number of halogens is 1. The second-order valence-electron chi connectivity index (χ2n) is 7.06. The van der Waals surface area contributed by atoms with Crippen LogP contribution in [0.2, 0.25) is 0 Å². The van der Waals surface area contributed by atoms with Gasteiger partial charge >= 0.3 is 0 Å². The van der Waals surface area contributed by atoms with Crippen LogP contribution in [0, 0.1) is 26.6 Å². The summed E-state index contributed by atoms with van der Waals surface area (Å²) in [6, 6.07) is 10.4. The minimum absolute atomic E-state index is 0.115. The molecule has 0 aliphatic heterocycles. The van der Waals surface area contributed by atoms with Crippen molar-refractivity contribution in [3.8, 4) is 11.3 Å². The number of hydrogen-bond acceptors (Lipinski definition) is 0. The number of nitrogens with zero attached hydrogens (tertiary/aromatic N) is 1. The van der Waals surface area contributed by atoms with E-state index in [-0.39, 0.29) is 5.82 Å². The van der Waals surface area contributed by atoms with Crippen LogP contribution in [-0.2, 0) is 7.05 Å². The third-order valence-corrected chi connectivity index (χ3v) is 5.04. The van der Waals surface area contributed by atoms with Gasteiger partial charge in [0.15, 0.2) is 6.20 Å². The summed E-state index contributed by atoms with van der Waals surface area (Å²) < 4.78 is 17.1. The second kappa shape index (κ2) is 6.01. The third-order valence-electron chi connectivity index (χ3n) is 5.04. The van der Waals surface area contributed by atoms with Crippen LogP contribution in [0.5, 0.6) is 0 Å². The van der Waals surface area contributed by atoms with Crippen molar-refractivity contribution in [1.82, 2.24) is 0 Å². The van der Waals surface area contributed by atoms with Gasteiger partial charge in [-0.1, -0.05) is 32.0 Å². The first-order valence-electron chi connectivity index (χ1n) is 8.50. The van der Waals surface area contributed by atoms with Crippen LogP contribution in [0.1, 0.15) is 42.0 Å². The van der Waals surface area contributed by atoms with Crippen LogP contribution in [0.4, 0.5) is 4.39 Å². The number of pyridine rings is 1.